The van der Waals surface area contributed by atoms with Crippen molar-refractivity contribution in [2.24, 2.45) is 0 Å². The predicted octanol–water partition coefficient (Wildman–Crippen LogP) is 3.02. The van der Waals surface area contributed by atoms with Crippen molar-refractivity contribution >= 4 is 17.3 Å². The van der Waals surface area contributed by atoms with E-state index in [1.165, 1.54) is 0 Å². The summed E-state index contributed by atoms with van der Waals surface area (Å²) in [5, 5.41) is 18.7. The maximum Gasteiger partial charge on any atom is 0.206 e. The maximum atomic E-state index is 10.3. The lowest BCUT2D eigenvalue weighted by Gasteiger charge is -2.28. The Hall–Kier alpha value is -3.90. The van der Waals surface area contributed by atoms with Crippen molar-refractivity contribution in [3.8, 4) is 28.8 Å². The van der Waals surface area contributed by atoms with Crippen molar-refractivity contribution in [3.63, 3.8) is 0 Å². The van der Waals surface area contributed by atoms with Crippen molar-refractivity contribution in [1.29, 1.82) is 0 Å². The molecule has 1 aliphatic rings. The van der Waals surface area contributed by atoms with Gasteiger partial charge in [-0.05, 0) is 56.6 Å². The van der Waals surface area contributed by atoms with Gasteiger partial charge in [0, 0.05) is 37.4 Å². The second kappa shape index (κ2) is 11.7. The van der Waals surface area contributed by atoms with E-state index in [1.807, 2.05) is 24.3 Å². The molecule has 1 fully saturated rings. The van der Waals surface area contributed by atoms with E-state index in [0.717, 1.165) is 50.6 Å². The van der Waals surface area contributed by atoms with Crippen LogP contribution in [-0.4, -0.2) is 75.5 Å². The predicted molar refractivity (Wildman–Crippen MR) is 144 cm³/mol. The van der Waals surface area contributed by atoms with Gasteiger partial charge >= 0.3 is 0 Å². The van der Waals surface area contributed by atoms with Crippen LogP contribution < -0.4 is 15.5 Å². The van der Waals surface area contributed by atoms with Crippen LogP contribution in [0.2, 0.25) is 0 Å². The molecule has 1 aromatic carbocycles. The van der Waals surface area contributed by atoms with Gasteiger partial charge in [0.05, 0.1) is 17.9 Å². The number of hydrogen-bond donors (Lipinski definition) is 2. The summed E-state index contributed by atoms with van der Waals surface area (Å²) < 4.78 is 0. The molecule has 9 heteroatoms. The smallest absolute Gasteiger partial charge is 0.206 e. The molecular formula is C27H34N8O. The fraction of sp³-hybridized carbons (Fsp3) is 0.407. The normalized spacial score (nSPS) is 15.9. The Kier molecular flexibility index (Phi) is 8.18. The van der Waals surface area contributed by atoms with Gasteiger partial charge in [-0.3, -0.25) is 4.90 Å². The van der Waals surface area contributed by atoms with Crippen LogP contribution in [0, 0.1) is 11.8 Å². The Morgan fingerprint density at radius 1 is 1.11 bits per heavy atom. The van der Waals surface area contributed by atoms with Crippen LogP contribution in [0.4, 0.5) is 17.3 Å². The number of aromatic nitrogens is 4. The molecule has 0 aliphatic carbocycles. The monoisotopic (exact) mass is 486 g/mol. The minimum absolute atomic E-state index is 0.165. The summed E-state index contributed by atoms with van der Waals surface area (Å²) in [6, 6.07) is 11.2. The molecule has 9 nitrogen and oxygen atoms in total. The first-order valence-electron chi connectivity index (χ1n) is 12.5. The SMILES string of the molecule is CCN(CC)CC#Cc1nccc(N2CCN(c3cc(-c4ccccc4O)nnc3N)CC[C@@H]2C)n1. The molecule has 0 radical (unpaired) electrons. The molecule has 3 heterocycles. The van der Waals surface area contributed by atoms with Crippen molar-refractivity contribution in [1.82, 2.24) is 25.1 Å². The number of benzene rings is 1. The van der Waals surface area contributed by atoms with E-state index in [1.54, 1.807) is 18.3 Å². The first kappa shape index (κ1) is 25.2. The van der Waals surface area contributed by atoms with Gasteiger partial charge < -0.3 is 20.6 Å². The summed E-state index contributed by atoms with van der Waals surface area (Å²) in [5.41, 5.74) is 8.29. The van der Waals surface area contributed by atoms with Gasteiger partial charge in [0.15, 0.2) is 5.82 Å². The van der Waals surface area contributed by atoms with E-state index in [0.29, 0.717) is 29.4 Å². The van der Waals surface area contributed by atoms with E-state index in [9.17, 15) is 5.11 Å². The number of phenols is 1. The molecule has 188 valence electrons. The molecule has 0 saturated carbocycles. The highest BCUT2D eigenvalue weighted by atomic mass is 16.3. The number of para-hydroxylation sites is 1. The molecule has 1 aliphatic heterocycles. The maximum absolute atomic E-state index is 10.3. The van der Waals surface area contributed by atoms with Gasteiger partial charge in [-0.2, -0.15) is 0 Å². The van der Waals surface area contributed by atoms with Crippen LogP contribution in [0.25, 0.3) is 11.3 Å². The van der Waals surface area contributed by atoms with Crippen LogP contribution >= 0.6 is 0 Å². The zero-order valence-electron chi connectivity index (χ0n) is 21.2. The van der Waals surface area contributed by atoms with E-state index >= 15 is 0 Å². The number of rotatable bonds is 6. The third-order valence-corrected chi connectivity index (χ3v) is 6.61. The third kappa shape index (κ3) is 5.83. The summed E-state index contributed by atoms with van der Waals surface area (Å²) in [7, 11) is 0. The van der Waals surface area contributed by atoms with E-state index in [-0.39, 0.29) is 11.8 Å². The lowest BCUT2D eigenvalue weighted by Crippen LogP contribution is -2.35. The number of hydrogen-bond acceptors (Lipinski definition) is 9. The average molecular weight is 487 g/mol. The fourth-order valence-electron chi connectivity index (χ4n) is 4.35. The zero-order valence-corrected chi connectivity index (χ0v) is 21.2. The Bertz CT molecular complexity index is 1230. The topological polar surface area (TPSA) is 108 Å². The number of nitrogens with two attached hydrogens (primary N) is 1. The van der Waals surface area contributed by atoms with Crippen molar-refractivity contribution in [2.45, 2.75) is 33.2 Å². The van der Waals surface area contributed by atoms with E-state index in [2.05, 4.69) is 62.5 Å². The van der Waals surface area contributed by atoms with Gasteiger partial charge in [0.1, 0.15) is 11.6 Å². The summed E-state index contributed by atoms with van der Waals surface area (Å²) in [4.78, 5) is 15.9. The second-order valence-corrected chi connectivity index (χ2v) is 8.84. The van der Waals surface area contributed by atoms with Crippen LogP contribution in [0.15, 0.2) is 42.6 Å². The van der Waals surface area contributed by atoms with Gasteiger partial charge in [-0.1, -0.05) is 31.9 Å². The van der Waals surface area contributed by atoms with Crippen LogP contribution in [0.5, 0.6) is 5.75 Å². The van der Waals surface area contributed by atoms with E-state index < -0.39 is 0 Å². The van der Waals surface area contributed by atoms with Crippen LogP contribution in [0.3, 0.4) is 0 Å². The summed E-state index contributed by atoms with van der Waals surface area (Å²) in [5.74, 6) is 8.28. The zero-order chi connectivity index (χ0) is 25.5. The minimum atomic E-state index is 0.165. The molecule has 36 heavy (non-hydrogen) atoms. The molecule has 3 aromatic rings. The Morgan fingerprint density at radius 2 is 1.92 bits per heavy atom. The second-order valence-electron chi connectivity index (χ2n) is 8.84. The summed E-state index contributed by atoms with van der Waals surface area (Å²) in [6.45, 7) is 11.4. The average Bonchev–Trinajstić information content (AvgIpc) is 3.09. The van der Waals surface area contributed by atoms with E-state index in [4.69, 9.17) is 10.7 Å². The number of anilines is 3. The van der Waals surface area contributed by atoms with Gasteiger partial charge in [-0.15, -0.1) is 10.2 Å². The Labute approximate surface area is 213 Å². The Balaban J connectivity index is 1.51. The van der Waals surface area contributed by atoms with Gasteiger partial charge in [-0.25, -0.2) is 9.97 Å². The van der Waals surface area contributed by atoms with Gasteiger partial charge in [0.25, 0.3) is 0 Å². The molecule has 0 amide bonds. The van der Waals surface area contributed by atoms with Crippen molar-refractivity contribution < 1.29 is 5.11 Å². The number of nitrogen functional groups attached to an aromatic ring is 1. The summed E-state index contributed by atoms with van der Waals surface area (Å²) >= 11 is 0. The number of aromatic hydroxyl groups is 1. The number of phenolic OH excluding ortho intramolecular Hbond substituents is 1. The Morgan fingerprint density at radius 3 is 2.69 bits per heavy atom. The highest BCUT2D eigenvalue weighted by Gasteiger charge is 2.24. The molecule has 0 bridgehead atoms. The van der Waals surface area contributed by atoms with Crippen LogP contribution in [0.1, 0.15) is 33.0 Å². The lowest BCUT2D eigenvalue weighted by atomic mass is 10.1. The third-order valence-electron chi connectivity index (χ3n) is 6.61. The first-order chi connectivity index (χ1) is 17.5. The molecule has 1 saturated heterocycles. The largest absolute Gasteiger partial charge is 0.507 e. The standard InChI is InChI=1S/C27H34N8O/c1-4-33(5-2)15-8-11-25-29-14-12-26(30-25)35-18-17-34(16-13-20(35)3)23-19-22(31-32-27(23)28)21-9-6-7-10-24(21)36/h6-7,9-10,12,14,19-20,36H,4-5,13,15-18H2,1-3H3,(H2,28,32)/t20-/m0/s1. The molecule has 3 N–H and O–H groups in total. The fourth-order valence-corrected chi connectivity index (χ4v) is 4.35. The summed E-state index contributed by atoms with van der Waals surface area (Å²) in [6.07, 6.45) is 2.70. The number of nitrogens with zero attached hydrogens (tertiary/aromatic N) is 7. The molecule has 1 atom stereocenters. The minimum Gasteiger partial charge on any atom is -0.507 e. The highest BCUT2D eigenvalue weighted by Crippen LogP contribution is 2.32. The van der Waals surface area contributed by atoms with Crippen molar-refractivity contribution in [3.05, 3.63) is 48.4 Å². The highest BCUT2D eigenvalue weighted by molar-refractivity contribution is 5.74. The molecule has 0 unspecified atom stereocenters. The molecular weight excluding hydrogens is 452 g/mol. The van der Waals surface area contributed by atoms with Gasteiger partial charge in [0.2, 0.25) is 5.82 Å². The first-order valence-corrected chi connectivity index (χ1v) is 12.5. The lowest BCUT2D eigenvalue weighted by molar-refractivity contribution is 0.342. The van der Waals surface area contributed by atoms with Crippen LogP contribution in [-0.2, 0) is 0 Å². The van der Waals surface area contributed by atoms with Crippen molar-refractivity contribution in [2.75, 3.05) is 54.8 Å². The quantitative estimate of drug-likeness (QED) is 0.508. The molecule has 4 rings (SSSR count). The molecule has 0 spiro atoms. The molecule has 2 aromatic heterocycles.